The third kappa shape index (κ3) is 6.05. The van der Waals surface area contributed by atoms with Gasteiger partial charge in [0.1, 0.15) is 0 Å². The average molecular weight is 253 g/mol. The minimum atomic E-state index is 0.794. The van der Waals surface area contributed by atoms with Gasteiger partial charge in [0.05, 0.1) is 0 Å². The summed E-state index contributed by atoms with van der Waals surface area (Å²) in [7, 11) is 1.73. The zero-order valence-electron chi connectivity index (χ0n) is 12.0. The van der Waals surface area contributed by atoms with E-state index in [0.29, 0.717) is 0 Å². The van der Waals surface area contributed by atoms with E-state index < -0.39 is 0 Å². The lowest BCUT2D eigenvalue weighted by atomic mass is 10.1. The molecule has 0 unspecified atom stereocenters. The van der Waals surface area contributed by atoms with Crippen LogP contribution in [0.15, 0.2) is 12.4 Å². The zero-order valence-corrected chi connectivity index (χ0v) is 12.0. The molecule has 1 heterocycles. The van der Waals surface area contributed by atoms with Crippen LogP contribution in [0.4, 0.5) is 5.95 Å². The van der Waals surface area contributed by atoms with E-state index in [-0.39, 0.29) is 0 Å². The van der Waals surface area contributed by atoms with Gasteiger partial charge < -0.3 is 14.6 Å². The quantitative estimate of drug-likeness (QED) is 0.651. The molecule has 0 atom stereocenters. The molecule has 1 rings (SSSR count). The van der Waals surface area contributed by atoms with Crippen molar-refractivity contribution in [2.45, 2.75) is 46.1 Å². The van der Waals surface area contributed by atoms with Crippen LogP contribution in [0.3, 0.4) is 0 Å². The Morgan fingerprint density at radius 2 is 2.17 bits per heavy atom. The van der Waals surface area contributed by atoms with Crippen LogP contribution < -0.4 is 5.32 Å². The summed E-state index contributed by atoms with van der Waals surface area (Å²) < 4.78 is 7.23. The maximum atomic E-state index is 5.03. The molecule has 0 saturated carbocycles. The summed E-state index contributed by atoms with van der Waals surface area (Å²) in [5.41, 5.74) is 0. The molecule has 4 heteroatoms. The van der Waals surface area contributed by atoms with E-state index in [0.717, 1.165) is 38.0 Å². The predicted octanol–water partition coefficient (Wildman–Crippen LogP) is 3.16. The van der Waals surface area contributed by atoms with Crippen molar-refractivity contribution in [3.05, 3.63) is 12.4 Å². The standard InChI is InChI=1S/C14H27N3O/c1-13(2)7-4-5-10-17-11-9-16-14(17)15-8-6-12-18-3/h9,11,13H,4-8,10,12H2,1-3H3,(H,15,16). The van der Waals surface area contributed by atoms with Gasteiger partial charge in [0.25, 0.3) is 0 Å². The Morgan fingerprint density at radius 1 is 1.33 bits per heavy atom. The Labute approximate surface area is 111 Å². The smallest absolute Gasteiger partial charge is 0.202 e. The summed E-state index contributed by atoms with van der Waals surface area (Å²) in [5.74, 6) is 1.79. The average Bonchev–Trinajstić information content (AvgIpc) is 2.78. The number of hydrogen-bond donors (Lipinski definition) is 1. The summed E-state index contributed by atoms with van der Waals surface area (Å²) in [4.78, 5) is 4.34. The summed E-state index contributed by atoms with van der Waals surface area (Å²) in [6.45, 7) is 7.32. The maximum absolute atomic E-state index is 5.03. The van der Waals surface area contributed by atoms with Gasteiger partial charge in [-0.25, -0.2) is 4.98 Å². The first-order valence-electron chi connectivity index (χ1n) is 6.98. The van der Waals surface area contributed by atoms with Crippen molar-refractivity contribution in [1.29, 1.82) is 0 Å². The van der Waals surface area contributed by atoms with Crippen LogP contribution in [0, 0.1) is 5.92 Å². The second kappa shape index (κ2) is 8.97. The first-order chi connectivity index (χ1) is 8.74. The Kier molecular flexibility index (Phi) is 7.49. The van der Waals surface area contributed by atoms with Crippen LogP contribution in [-0.4, -0.2) is 29.8 Å². The van der Waals surface area contributed by atoms with Crippen LogP contribution in [-0.2, 0) is 11.3 Å². The fourth-order valence-corrected chi connectivity index (χ4v) is 1.91. The number of hydrogen-bond acceptors (Lipinski definition) is 3. The lowest BCUT2D eigenvalue weighted by molar-refractivity contribution is 0.197. The molecule has 1 aromatic rings. The second-order valence-electron chi connectivity index (χ2n) is 5.11. The summed E-state index contributed by atoms with van der Waals surface area (Å²) in [6, 6.07) is 0. The molecule has 0 bridgehead atoms. The monoisotopic (exact) mass is 253 g/mol. The van der Waals surface area contributed by atoms with Crippen molar-refractivity contribution in [2.75, 3.05) is 25.6 Å². The topological polar surface area (TPSA) is 39.1 Å². The third-order valence-electron chi connectivity index (χ3n) is 2.95. The zero-order chi connectivity index (χ0) is 13.2. The first kappa shape index (κ1) is 15.0. The number of nitrogens with zero attached hydrogens (tertiary/aromatic N) is 2. The van der Waals surface area contributed by atoms with Crippen molar-refractivity contribution in [3.8, 4) is 0 Å². The van der Waals surface area contributed by atoms with Gasteiger partial charge in [-0.05, 0) is 18.8 Å². The van der Waals surface area contributed by atoms with Crippen molar-refractivity contribution in [2.24, 2.45) is 5.92 Å². The van der Waals surface area contributed by atoms with Crippen molar-refractivity contribution in [3.63, 3.8) is 0 Å². The van der Waals surface area contributed by atoms with Gasteiger partial charge >= 0.3 is 0 Å². The number of methoxy groups -OCH3 is 1. The van der Waals surface area contributed by atoms with E-state index in [2.05, 4.69) is 28.7 Å². The Bertz CT molecular complexity index is 310. The molecular formula is C14H27N3O. The van der Waals surface area contributed by atoms with Crippen LogP contribution in [0.25, 0.3) is 0 Å². The van der Waals surface area contributed by atoms with Gasteiger partial charge in [0.15, 0.2) is 0 Å². The highest BCUT2D eigenvalue weighted by Gasteiger charge is 2.02. The number of imidazole rings is 1. The minimum Gasteiger partial charge on any atom is -0.385 e. The lowest BCUT2D eigenvalue weighted by Gasteiger charge is -2.10. The van der Waals surface area contributed by atoms with Crippen LogP contribution >= 0.6 is 0 Å². The largest absolute Gasteiger partial charge is 0.385 e. The first-order valence-corrected chi connectivity index (χ1v) is 6.98. The molecular weight excluding hydrogens is 226 g/mol. The van der Waals surface area contributed by atoms with Gasteiger partial charge in [0, 0.05) is 39.2 Å². The molecule has 0 aliphatic rings. The molecule has 0 aliphatic carbocycles. The van der Waals surface area contributed by atoms with Gasteiger partial charge in [0.2, 0.25) is 5.95 Å². The van der Waals surface area contributed by atoms with Crippen molar-refractivity contribution >= 4 is 5.95 Å². The normalized spacial score (nSPS) is 11.1. The molecule has 1 aromatic heterocycles. The molecule has 0 spiro atoms. The Hall–Kier alpha value is -1.03. The van der Waals surface area contributed by atoms with E-state index in [1.807, 2.05) is 12.4 Å². The Balaban J connectivity index is 2.22. The highest BCUT2D eigenvalue weighted by molar-refractivity contribution is 5.25. The molecule has 4 nitrogen and oxygen atoms in total. The van der Waals surface area contributed by atoms with Gasteiger partial charge in [-0.2, -0.15) is 0 Å². The van der Waals surface area contributed by atoms with Gasteiger partial charge in [-0.3, -0.25) is 0 Å². The summed E-state index contributed by atoms with van der Waals surface area (Å²) in [5, 5.41) is 3.35. The maximum Gasteiger partial charge on any atom is 0.202 e. The molecule has 18 heavy (non-hydrogen) atoms. The molecule has 1 N–H and O–H groups in total. The number of aromatic nitrogens is 2. The number of ether oxygens (including phenoxy) is 1. The van der Waals surface area contributed by atoms with E-state index in [4.69, 9.17) is 4.74 Å². The number of rotatable bonds is 10. The van der Waals surface area contributed by atoms with Gasteiger partial charge in [-0.15, -0.1) is 0 Å². The van der Waals surface area contributed by atoms with E-state index in [1.165, 1.54) is 19.3 Å². The highest BCUT2D eigenvalue weighted by Crippen LogP contribution is 2.10. The van der Waals surface area contributed by atoms with Crippen LogP contribution in [0.2, 0.25) is 0 Å². The molecule has 0 aromatic carbocycles. The summed E-state index contributed by atoms with van der Waals surface area (Å²) in [6.07, 6.45) is 8.75. The molecule has 104 valence electrons. The molecule has 0 saturated heterocycles. The molecule has 0 aliphatic heterocycles. The highest BCUT2D eigenvalue weighted by atomic mass is 16.5. The van der Waals surface area contributed by atoms with E-state index in [1.54, 1.807) is 7.11 Å². The van der Waals surface area contributed by atoms with Crippen LogP contribution in [0.1, 0.15) is 39.5 Å². The number of anilines is 1. The third-order valence-corrected chi connectivity index (χ3v) is 2.95. The number of nitrogens with one attached hydrogen (secondary N) is 1. The fraction of sp³-hybridized carbons (Fsp3) is 0.786. The van der Waals surface area contributed by atoms with E-state index >= 15 is 0 Å². The molecule has 0 radical (unpaired) electrons. The van der Waals surface area contributed by atoms with Crippen molar-refractivity contribution in [1.82, 2.24) is 9.55 Å². The molecule has 0 amide bonds. The van der Waals surface area contributed by atoms with Crippen LogP contribution in [0.5, 0.6) is 0 Å². The van der Waals surface area contributed by atoms with E-state index in [9.17, 15) is 0 Å². The minimum absolute atomic E-state index is 0.794. The SMILES string of the molecule is COCCCNc1nccn1CCCCC(C)C. The number of unbranched alkanes of at least 4 members (excludes halogenated alkanes) is 1. The fourth-order valence-electron chi connectivity index (χ4n) is 1.91. The lowest BCUT2D eigenvalue weighted by Crippen LogP contribution is -2.10. The molecule has 0 fully saturated rings. The predicted molar refractivity (Wildman–Crippen MR) is 75.9 cm³/mol. The second-order valence-corrected chi connectivity index (χ2v) is 5.11. The Morgan fingerprint density at radius 3 is 2.89 bits per heavy atom. The summed E-state index contributed by atoms with van der Waals surface area (Å²) >= 11 is 0. The van der Waals surface area contributed by atoms with Gasteiger partial charge in [-0.1, -0.05) is 26.7 Å². The van der Waals surface area contributed by atoms with Crippen molar-refractivity contribution < 1.29 is 4.74 Å². The number of aryl methyl sites for hydroxylation is 1.